The number of aliphatic carboxylic acids is 1. The smallest absolute Gasteiger partial charge is 0.259 e. The van der Waals surface area contributed by atoms with Gasteiger partial charge in [-0.1, -0.05) is 6.07 Å². The highest BCUT2D eigenvalue weighted by Gasteiger charge is 2.62. The Kier molecular flexibility index (Phi) is 4.51. The van der Waals surface area contributed by atoms with Crippen molar-refractivity contribution in [2.24, 2.45) is 0 Å². The molecule has 0 unspecified atom stereocenters. The highest BCUT2D eigenvalue weighted by atomic mass is 32.2. The number of carboxylic acid groups (broad SMARTS) is 1. The summed E-state index contributed by atoms with van der Waals surface area (Å²) in [5.74, 6) is -1.62. The van der Waals surface area contributed by atoms with Crippen LogP contribution < -0.4 is 19.9 Å². The summed E-state index contributed by atoms with van der Waals surface area (Å²) >= 11 is 1.33. The zero-order chi connectivity index (χ0) is 19.2. The summed E-state index contributed by atoms with van der Waals surface area (Å²) in [4.78, 5) is 37.9. The average Bonchev–Trinajstić information content (AvgIpc) is 2.86. The molecule has 140 valence electrons. The molecule has 2 heterocycles. The van der Waals surface area contributed by atoms with E-state index in [4.69, 9.17) is 9.47 Å². The molecule has 2 aliphatic rings. The molecule has 1 aromatic carbocycles. The number of carboxylic acids is 1. The number of β-lactam (4-membered cyclic amide) rings is 1. The summed E-state index contributed by atoms with van der Waals surface area (Å²) in [7, 11) is 2.86. The highest BCUT2D eigenvalue weighted by molar-refractivity contribution is 8.01. The molecule has 9 heteroatoms. The number of methoxy groups -OCH3 is 2. The Morgan fingerprint density at radius 2 is 1.81 bits per heavy atom. The molecule has 8 nitrogen and oxygen atoms in total. The maximum atomic E-state index is 12.7. The van der Waals surface area contributed by atoms with Crippen molar-refractivity contribution in [2.45, 2.75) is 36.1 Å². The normalized spacial score (nSPS) is 25.9. The van der Waals surface area contributed by atoms with Crippen molar-refractivity contribution in [3.8, 4) is 11.5 Å². The van der Waals surface area contributed by atoms with Gasteiger partial charge in [0.2, 0.25) is 5.91 Å². The first-order chi connectivity index (χ1) is 12.2. The minimum atomic E-state index is -1.30. The molecule has 0 bridgehead atoms. The van der Waals surface area contributed by atoms with E-state index < -0.39 is 40.0 Å². The molecule has 2 saturated heterocycles. The average molecular weight is 379 g/mol. The van der Waals surface area contributed by atoms with E-state index in [1.807, 2.05) is 0 Å². The summed E-state index contributed by atoms with van der Waals surface area (Å²) in [6.45, 7) is 3.48. The molecule has 2 fully saturated rings. The summed E-state index contributed by atoms with van der Waals surface area (Å²) in [6.07, 6.45) is 0. The standard InChI is InChI=1S/C17H20N2O6S/c1-17(2)12(16(22)23)19-14(21)11(15(19)26-17)18-13(20)10-8(24-3)6-5-7-9(10)25-4/h5-7,11-12,15H,1-4H3,(H,18,20)(H,22,23)/p-1/t11-,12+,15-/m1/s1. The number of hydrogen-bond donors (Lipinski definition) is 1. The monoisotopic (exact) mass is 379 g/mol. The third kappa shape index (κ3) is 2.66. The van der Waals surface area contributed by atoms with E-state index in [2.05, 4.69) is 5.32 Å². The molecule has 1 aromatic rings. The van der Waals surface area contributed by atoms with Crippen molar-refractivity contribution in [1.29, 1.82) is 0 Å². The van der Waals surface area contributed by atoms with Crippen molar-refractivity contribution in [2.75, 3.05) is 14.2 Å². The van der Waals surface area contributed by atoms with Crippen LogP contribution in [0.1, 0.15) is 24.2 Å². The number of carbonyl (C=O) groups is 3. The second kappa shape index (κ2) is 6.39. The Morgan fingerprint density at radius 3 is 2.31 bits per heavy atom. The van der Waals surface area contributed by atoms with Gasteiger partial charge in [0.15, 0.2) is 0 Å². The molecule has 26 heavy (non-hydrogen) atoms. The van der Waals surface area contributed by atoms with Crippen molar-refractivity contribution in [1.82, 2.24) is 10.2 Å². The van der Waals surface area contributed by atoms with Crippen molar-refractivity contribution >= 4 is 29.5 Å². The second-order valence-corrected chi connectivity index (χ2v) is 8.34. The van der Waals surface area contributed by atoms with Crippen molar-refractivity contribution < 1.29 is 29.0 Å². The van der Waals surface area contributed by atoms with Gasteiger partial charge < -0.3 is 29.6 Å². The largest absolute Gasteiger partial charge is 0.548 e. The maximum Gasteiger partial charge on any atom is 0.259 e. The number of benzene rings is 1. The van der Waals surface area contributed by atoms with Crippen LogP contribution in [0.5, 0.6) is 11.5 Å². The SMILES string of the molecule is COc1cccc(OC)c1C(=O)N[C@@H]1C(=O)N2[C@@H]1SC(C)(C)[C@@H]2C(=O)[O-]. The van der Waals surface area contributed by atoms with E-state index in [0.29, 0.717) is 11.5 Å². The lowest BCUT2D eigenvalue weighted by molar-refractivity contribution is -0.312. The van der Waals surface area contributed by atoms with Crippen LogP contribution in [0.2, 0.25) is 0 Å². The molecule has 0 aromatic heterocycles. The van der Waals surface area contributed by atoms with Crippen LogP contribution in [0.25, 0.3) is 0 Å². The Bertz CT molecular complexity index is 758. The minimum absolute atomic E-state index is 0.183. The molecule has 3 atom stereocenters. The molecule has 3 rings (SSSR count). The van der Waals surface area contributed by atoms with E-state index in [1.54, 1.807) is 32.0 Å². The number of fused-ring (bicyclic) bond motifs is 1. The molecule has 1 N–H and O–H groups in total. The first kappa shape index (κ1) is 18.4. The van der Waals surface area contributed by atoms with Gasteiger partial charge in [-0.2, -0.15) is 0 Å². The topological polar surface area (TPSA) is 108 Å². The predicted molar refractivity (Wildman–Crippen MR) is 91.9 cm³/mol. The fourth-order valence-corrected chi connectivity index (χ4v) is 5.04. The second-order valence-electron chi connectivity index (χ2n) is 6.57. The number of nitrogens with zero attached hydrogens (tertiary/aromatic N) is 1. The third-order valence-electron chi connectivity index (χ3n) is 4.61. The first-order valence-corrected chi connectivity index (χ1v) is 8.83. The number of carbonyl (C=O) groups excluding carboxylic acids is 3. The Morgan fingerprint density at radius 1 is 1.23 bits per heavy atom. The summed E-state index contributed by atoms with van der Waals surface area (Å²) < 4.78 is 9.71. The fraction of sp³-hybridized carbons (Fsp3) is 0.471. The number of nitrogens with one attached hydrogen (secondary N) is 1. The molecular formula is C17H19N2O6S-. The fourth-order valence-electron chi connectivity index (χ4n) is 3.41. The van der Waals surface area contributed by atoms with Crippen molar-refractivity contribution in [3.05, 3.63) is 23.8 Å². The van der Waals surface area contributed by atoms with Crippen LogP contribution >= 0.6 is 11.8 Å². The van der Waals surface area contributed by atoms with E-state index in [-0.39, 0.29) is 5.56 Å². The van der Waals surface area contributed by atoms with Crippen LogP contribution in [0.4, 0.5) is 0 Å². The van der Waals surface area contributed by atoms with Gasteiger partial charge in [0.25, 0.3) is 5.91 Å². The lowest BCUT2D eigenvalue weighted by Crippen LogP contribution is -2.71. The van der Waals surface area contributed by atoms with E-state index in [9.17, 15) is 19.5 Å². The zero-order valence-electron chi connectivity index (χ0n) is 14.8. The van der Waals surface area contributed by atoms with Gasteiger partial charge in [-0.15, -0.1) is 11.8 Å². The summed E-state index contributed by atoms with van der Waals surface area (Å²) in [5.41, 5.74) is 0.183. The summed E-state index contributed by atoms with van der Waals surface area (Å²) in [5, 5.41) is 13.7. The van der Waals surface area contributed by atoms with Gasteiger partial charge in [-0.05, 0) is 26.0 Å². The van der Waals surface area contributed by atoms with E-state index in [0.717, 1.165) is 0 Å². The Balaban J connectivity index is 1.83. The van der Waals surface area contributed by atoms with Gasteiger partial charge in [-0.25, -0.2) is 0 Å². The predicted octanol–water partition coefficient (Wildman–Crippen LogP) is -0.386. The molecule has 0 aliphatic carbocycles. The number of ether oxygens (including phenoxy) is 2. The van der Waals surface area contributed by atoms with Crippen LogP contribution in [0, 0.1) is 0 Å². The Hall–Kier alpha value is -2.42. The number of rotatable bonds is 5. The minimum Gasteiger partial charge on any atom is -0.548 e. The van der Waals surface area contributed by atoms with Gasteiger partial charge in [0, 0.05) is 4.75 Å². The Labute approximate surface area is 154 Å². The van der Waals surface area contributed by atoms with Crippen LogP contribution in [-0.2, 0) is 9.59 Å². The van der Waals surface area contributed by atoms with E-state index >= 15 is 0 Å². The number of amides is 2. The van der Waals surface area contributed by atoms with E-state index in [1.165, 1.54) is 30.9 Å². The van der Waals surface area contributed by atoms with Crippen LogP contribution in [-0.4, -0.2) is 59.1 Å². The maximum absolute atomic E-state index is 12.7. The van der Waals surface area contributed by atoms with Crippen molar-refractivity contribution in [3.63, 3.8) is 0 Å². The highest BCUT2D eigenvalue weighted by Crippen LogP contribution is 2.50. The van der Waals surface area contributed by atoms with Gasteiger partial charge >= 0.3 is 0 Å². The third-order valence-corrected chi connectivity index (χ3v) is 6.18. The summed E-state index contributed by atoms with van der Waals surface area (Å²) in [6, 6.07) is 3.08. The quantitative estimate of drug-likeness (QED) is 0.695. The molecule has 0 saturated carbocycles. The molecule has 2 amide bonds. The molecule has 0 spiro atoms. The molecule has 0 radical (unpaired) electrons. The van der Waals surface area contributed by atoms with Gasteiger partial charge in [0.1, 0.15) is 28.5 Å². The zero-order valence-corrected chi connectivity index (χ0v) is 15.6. The molecule has 2 aliphatic heterocycles. The van der Waals surface area contributed by atoms with Gasteiger partial charge in [-0.3, -0.25) is 9.59 Å². The number of hydrogen-bond acceptors (Lipinski definition) is 7. The van der Waals surface area contributed by atoms with Crippen LogP contribution in [0.15, 0.2) is 18.2 Å². The van der Waals surface area contributed by atoms with Gasteiger partial charge in [0.05, 0.1) is 26.2 Å². The molecular weight excluding hydrogens is 360 g/mol. The van der Waals surface area contributed by atoms with Crippen LogP contribution in [0.3, 0.4) is 0 Å². The lowest BCUT2D eigenvalue weighted by Gasteiger charge is -2.45. The number of thioether (sulfide) groups is 1. The lowest BCUT2D eigenvalue weighted by atomic mass is 9.96. The first-order valence-electron chi connectivity index (χ1n) is 7.95.